The van der Waals surface area contributed by atoms with E-state index in [9.17, 15) is 9.59 Å². The quantitative estimate of drug-likeness (QED) is 0.611. The first-order valence-electron chi connectivity index (χ1n) is 4.73. The lowest BCUT2D eigenvalue weighted by Gasteiger charge is -2.09. The second-order valence-corrected chi connectivity index (χ2v) is 3.51. The summed E-state index contributed by atoms with van der Waals surface area (Å²) in [5.74, 6) is -2.35. The molecule has 16 heavy (non-hydrogen) atoms. The van der Waals surface area contributed by atoms with Crippen molar-refractivity contribution in [2.24, 2.45) is 0 Å². The first-order valence-corrected chi connectivity index (χ1v) is 4.73. The molecule has 0 aromatic heterocycles. The Hall–Kier alpha value is -2.10. The normalized spacial score (nSPS) is 11.0. The fourth-order valence-corrected chi connectivity index (χ4v) is 1.26. The summed E-state index contributed by atoms with van der Waals surface area (Å²) >= 11 is 0. The predicted molar refractivity (Wildman–Crippen MR) is 60.7 cm³/mol. The molecule has 0 aliphatic rings. The van der Waals surface area contributed by atoms with Crippen molar-refractivity contribution in [3.05, 3.63) is 42.1 Å². The van der Waals surface area contributed by atoms with E-state index >= 15 is 0 Å². The molecule has 0 saturated carbocycles. The number of carboxylic acid groups (broad SMARTS) is 1. The number of ketones is 1. The summed E-state index contributed by atoms with van der Waals surface area (Å²) < 4.78 is 0. The van der Waals surface area contributed by atoms with E-state index in [1.165, 1.54) is 6.20 Å². The summed E-state index contributed by atoms with van der Waals surface area (Å²) in [7, 11) is 3.47. The van der Waals surface area contributed by atoms with Crippen LogP contribution in [0.15, 0.2) is 36.5 Å². The molecule has 1 N–H and O–H groups in total. The Kier molecular flexibility index (Phi) is 3.83. The molecule has 1 aromatic carbocycles. The average Bonchev–Trinajstić information content (AvgIpc) is 2.26. The van der Waals surface area contributed by atoms with E-state index in [1.54, 1.807) is 43.3 Å². The molecule has 0 atom stereocenters. The van der Waals surface area contributed by atoms with E-state index in [0.717, 1.165) is 0 Å². The summed E-state index contributed by atoms with van der Waals surface area (Å²) in [4.78, 5) is 23.8. The molecular weight excluding hydrogens is 206 g/mol. The van der Waals surface area contributed by atoms with Crippen LogP contribution < -0.4 is 0 Å². The Labute approximate surface area is 93.8 Å². The topological polar surface area (TPSA) is 57.6 Å². The van der Waals surface area contributed by atoms with Crippen LogP contribution >= 0.6 is 0 Å². The van der Waals surface area contributed by atoms with Crippen LogP contribution in [0.25, 0.3) is 5.57 Å². The number of carbonyl (C=O) groups is 2. The number of carboxylic acids is 1. The fraction of sp³-hybridized carbons (Fsp3) is 0.167. The van der Waals surface area contributed by atoms with Gasteiger partial charge in [-0.15, -0.1) is 0 Å². The maximum Gasteiger partial charge on any atom is 0.377 e. The summed E-state index contributed by atoms with van der Waals surface area (Å²) in [6, 6.07) is 8.73. The second kappa shape index (κ2) is 5.11. The summed E-state index contributed by atoms with van der Waals surface area (Å²) in [6.07, 6.45) is 1.51. The van der Waals surface area contributed by atoms with E-state index < -0.39 is 11.8 Å². The molecule has 1 rings (SSSR count). The molecule has 0 saturated heterocycles. The van der Waals surface area contributed by atoms with Gasteiger partial charge in [0.2, 0.25) is 0 Å². The highest BCUT2D eigenvalue weighted by Gasteiger charge is 2.19. The molecule has 0 unspecified atom stereocenters. The van der Waals surface area contributed by atoms with Crippen molar-refractivity contribution in [1.29, 1.82) is 0 Å². The number of hydrogen-bond donors (Lipinski definition) is 1. The van der Waals surface area contributed by atoms with E-state index in [1.807, 2.05) is 6.07 Å². The zero-order valence-electron chi connectivity index (χ0n) is 9.18. The average molecular weight is 219 g/mol. The fourth-order valence-electron chi connectivity index (χ4n) is 1.26. The Morgan fingerprint density at radius 2 is 1.75 bits per heavy atom. The number of nitrogens with zero attached hydrogens (tertiary/aromatic N) is 1. The molecule has 0 heterocycles. The second-order valence-electron chi connectivity index (χ2n) is 3.51. The third-order valence-corrected chi connectivity index (χ3v) is 1.91. The lowest BCUT2D eigenvalue weighted by molar-refractivity contribution is -0.146. The number of rotatable bonds is 4. The Balaban J connectivity index is 3.17. The molecule has 0 fully saturated rings. The van der Waals surface area contributed by atoms with Crippen molar-refractivity contribution in [3.8, 4) is 0 Å². The van der Waals surface area contributed by atoms with Gasteiger partial charge in [0.05, 0.1) is 5.57 Å². The van der Waals surface area contributed by atoms with Gasteiger partial charge in [-0.2, -0.15) is 0 Å². The number of aliphatic carboxylic acids is 1. The SMILES string of the molecule is CN(C)/C=C(/C(=O)C(=O)O)c1ccccc1. The molecule has 1 aromatic rings. The molecule has 0 bridgehead atoms. The number of carbonyl (C=O) groups excluding carboxylic acids is 1. The van der Waals surface area contributed by atoms with E-state index in [-0.39, 0.29) is 5.57 Å². The van der Waals surface area contributed by atoms with E-state index in [2.05, 4.69) is 0 Å². The Bertz CT molecular complexity index is 421. The number of benzene rings is 1. The molecule has 0 spiro atoms. The highest BCUT2D eigenvalue weighted by molar-refractivity contribution is 6.51. The van der Waals surface area contributed by atoms with Gasteiger partial charge in [0.25, 0.3) is 5.78 Å². The van der Waals surface area contributed by atoms with Crippen molar-refractivity contribution in [2.75, 3.05) is 14.1 Å². The van der Waals surface area contributed by atoms with Crippen LogP contribution in [-0.2, 0) is 9.59 Å². The zero-order valence-corrected chi connectivity index (χ0v) is 9.18. The molecule has 0 aliphatic carbocycles. The van der Waals surface area contributed by atoms with Crippen molar-refractivity contribution in [3.63, 3.8) is 0 Å². The molecule has 84 valence electrons. The molecule has 4 heteroatoms. The lowest BCUT2D eigenvalue weighted by Crippen LogP contribution is -2.16. The van der Waals surface area contributed by atoms with Crippen LogP contribution in [0.4, 0.5) is 0 Å². The van der Waals surface area contributed by atoms with Crippen molar-refractivity contribution < 1.29 is 14.7 Å². The van der Waals surface area contributed by atoms with Crippen LogP contribution in [0.5, 0.6) is 0 Å². The van der Waals surface area contributed by atoms with Gasteiger partial charge >= 0.3 is 5.97 Å². The minimum atomic E-state index is -1.45. The van der Waals surface area contributed by atoms with Crippen molar-refractivity contribution >= 4 is 17.3 Å². The summed E-state index contributed by atoms with van der Waals surface area (Å²) in [6.45, 7) is 0. The van der Waals surface area contributed by atoms with Crippen LogP contribution in [-0.4, -0.2) is 35.9 Å². The van der Waals surface area contributed by atoms with Crippen LogP contribution in [0.1, 0.15) is 5.56 Å². The van der Waals surface area contributed by atoms with Gasteiger partial charge < -0.3 is 10.0 Å². The first kappa shape index (κ1) is 12.0. The number of Topliss-reactive ketones (excluding diaryl/α,β-unsaturated/α-hetero) is 1. The minimum absolute atomic E-state index is 0.179. The number of hydrogen-bond acceptors (Lipinski definition) is 3. The van der Waals surface area contributed by atoms with Crippen molar-refractivity contribution in [1.82, 2.24) is 4.90 Å². The largest absolute Gasteiger partial charge is 0.475 e. The monoisotopic (exact) mass is 219 g/mol. The maximum atomic E-state index is 11.5. The van der Waals surface area contributed by atoms with Crippen LogP contribution in [0.3, 0.4) is 0 Å². The van der Waals surface area contributed by atoms with Crippen LogP contribution in [0, 0.1) is 0 Å². The molecule has 0 aliphatic heterocycles. The van der Waals surface area contributed by atoms with Gasteiger partial charge in [-0.3, -0.25) is 4.79 Å². The maximum absolute atomic E-state index is 11.5. The zero-order chi connectivity index (χ0) is 12.1. The minimum Gasteiger partial charge on any atom is -0.475 e. The van der Waals surface area contributed by atoms with E-state index in [4.69, 9.17) is 5.11 Å². The molecule has 0 amide bonds. The Morgan fingerprint density at radius 3 is 2.19 bits per heavy atom. The van der Waals surface area contributed by atoms with Gasteiger partial charge in [-0.05, 0) is 5.56 Å². The highest BCUT2D eigenvalue weighted by Crippen LogP contribution is 2.15. The molecular formula is C12H13NO3. The van der Waals surface area contributed by atoms with Crippen molar-refractivity contribution in [2.45, 2.75) is 0 Å². The smallest absolute Gasteiger partial charge is 0.377 e. The summed E-state index contributed by atoms with van der Waals surface area (Å²) in [5, 5.41) is 8.72. The van der Waals surface area contributed by atoms with Gasteiger partial charge in [-0.1, -0.05) is 30.3 Å². The molecule has 0 radical (unpaired) electrons. The van der Waals surface area contributed by atoms with Gasteiger partial charge in [0.1, 0.15) is 0 Å². The lowest BCUT2D eigenvalue weighted by atomic mass is 10.0. The standard InChI is InChI=1S/C12H13NO3/c1-13(2)8-10(11(14)12(15)16)9-6-4-3-5-7-9/h3-8H,1-2H3,(H,15,16)/b10-8+. The molecule has 4 nitrogen and oxygen atoms in total. The third-order valence-electron chi connectivity index (χ3n) is 1.91. The van der Waals surface area contributed by atoms with Crippen LogP contribution in [0.2, 0.25) is 0 Å². The predicted octanol–water partition coefficient (Wildman–Crippen LogP) is 1.24. The van der Waals surface area contributed by atoms with Gasteiger partial charge in [0, 0.05) is 20.3 Å². The van der Waals surface area contributed by atoms with Gasteiger partial charge in [0.15, 0.2) is 0 Å². The summed E-state index contributed by atoms with van der Waals surface area (Å²) in [5.41, 5.74) is 0.779. The van der Waals surface area contributed by atoms with E-state index in [0.29, 0.717) is 5.56 Å². The highest BCUT2D eigenvalue weighted by atomic mass is 16.4. The Morgan fingerprint density at radius 1 is 1.19 bits per heavy atom. The first-order chi connectivity index (χ1) is 7.52. The third kappa shape index (κ3) is 2.95. The van der Waals surface area contributed by atoms with Gasteiger partial charge in [-0.25, -0.2) is 4.79 Å².